The minimum atomic E-state index is -0.0477. The summed E-state index contributed by atoms with van der Waals surface area (Å²) in [6.07, 6.45) is 2.89. The molecule has 2 aliphatic heterocycles. The largest absolute Gasteiger partial charge is 0.373 e. The highest BCUT2D eigenvalue weighted by atomic mass is 35.5. The van der Waals surface area contributed by atoms with Gasteiger partial charge in [-0.1, -0.05) is 23.2 Å². The zero-order valence-electron chi connectivity index (χ0n) is 16.1. The second kappa shape index (κ2) is 9.57. The van der Waals surface area contributed by atoms with Crippen molar-refractivity contribution in [2.45, 2.75) is 38.9 Å². The Morgan fingerprint density at radius 2 is 1.81 bits per heavy atom. The summed E-state index contributed by atoms with van der Waals surface area (Å²) < 4.78 is 5.82. The molecule has 3 rings (SSSR count). The molecule has 2 fully saturated rings. The average molecular weight is 414 g/mol. The van der Waals surface area contributed by atoms with Crippen LogP contribution in [0.25, 0.3) is 0 Å². The smallest absolute Gasteiger partial charge is 0.238 e. The molecule has 2 atom stereocenters. The molecule has 1 aromatic rings. The SMILES string of the molecule is C[C@@H]1CN(CC2CCN(CC(=O)Nc3cc(Cl)ccc3Cl)CC2)C[C@H](C)O1. The van der Waals surface area contributed by atoms with E-state index in [0.717, 1.165) is 45.6 Å². The van der Waals surface area contributed by atoms with Crippen LogP contribution in [0.15, 0.2) is 18.2 Å². The first-order valence-corrected chi connectivity index (χ1v) is 10.5. The van der Waals surface area contributed by atoms with Gasteiger partial charge in [-0.3, -0.25) is 14.6 Å². The number of hydrogen-bond donors (Lipinski definition) is 1. The molecular formula is C20H29Cl2N3O2. The standard InChI is InChI=1S/C20H29Cl2N3O2/c1-14-10-25(11-15(2)27-14)12-16-5-7-24(8-6-16)13-20(26)23-19-9-17(21)3-4-18(19)22/h3-4,9,14-16H,5-8,10-13H2,1-2H3,(H,23,26)/t14-,15+. The van der Waals surface area contributed by atoms with Gasteiger partial charge in [0.05, 0.1) is 29.5 Å². The Morgan fingerprint density at radius 3 is 2.48 bits per heavy atom. The number of rotatable bonds is 5. The molecule has 1 N–H and O–H groups in total. The molecule has 0 radical (unpaired) electrons. The third-order valence-electron chi connectivity index (χ3n) is 5.29. The van der Waals surface area contributed by atoms with E-state index in [9.17, 15) is 4.79 Å². The van der Waals surface area contributed by atoms with Gasteiger partial charge in [-0.05, 0) is 63.9 Å². The lowest BCUT2D eigenvalue weighted by atomic mass is 9.95. The van der Waals surface area contributed by atoms with E-state index in [1.54, 1.807) is 18.2 Å². The third-order valence-corrected chi connectivity index (χ3v) is 5.85. The van der Waals surface area contributed by atoms with Crippen LogP contribution < -0.4 is 5.32 Å². The number of morpholine rings is 1. The molecule has 0 aliphatic carbocycles. The van der Waals surface area contributed by atoms with Crippen molar-refractivity contribution < 1.29 is 9.53 Å². The number of nitrogens with zero attached hydrogens (tertiary/aromatic N) is 2. The molecule has 2 heterocycles. The summed E-state index contributed by atoms with van der Waals surface area (Å²) in [6.45, 7) is 9.78. The number of carbonyl (C=O) groups excluding carboxylic acids is 1. The summed E-state index contributed by atoms with van der Waals surface area (Å²) in [5, 5.41) is 3.92. The van der Waals surface area contributed by atoms with Gasteiger partial charge in [-0.25, -0.2) is 0 Å². The fraction of sp³-hybridized carbons (Fsp3) is 0.650. The predicted molar refractivity (Wildman–Crippen MR) is 111 cm³/mol. The van der Waals surface area contributed by atoms with Crippen LogP contribution in [-0.2, 0) is 9.53 Å². The highest BCUT2D eigenvalue weighted by Gasteiger charge is 2.27. The van der Waals surface area contributed by atoms with E-state index in [1.165, 1.54) is 0 Å². The van der Waals surface area contributed by atoms with Gasteiger partial charge in [0.15, 0.2) is 0 Å². The second-order valence-corrected chi connectivity index (χ2v) is 8.71. The normalized spacial score (nSPS) is 25.5. The fourth-order valence-corrected chi connectivity index (χ4v) is 4.45. The first kappa shape index (κ1) is 20.9. The minimum Gasteiger partial charge on any atom is -0.373 e. The van der Waals surface area contributed by atoms with Crippen LogP contribution in [0.1, 0.15) is 26.7 Å². The number of amides is 1. The van der Waals surface area contributed by atoms with Gasteiger partial charge < -0.3 is 10.1 Å². The molecule has 1 amide bonds. The van der Waals surface area contributed by atoms with Gasteiger partial charge in [0, 0.05) is 24.7 Å². The maximum Gasteiger partial charge on any atom is 0.238 e. The number of ether oxygens (including phenoxy) is 1. The number of carbonyl (C=O) groups is 1. The Morgan fingerprint density at radius 1 is 1.15 bits per heavy atom. The fourth-order valence-electron chi connectivity index (χ4n) is 4.11. The quantitative estimate of drug-likeness (QED) is 0.797. The minimum absolute atomic E-state index is 0.0477. The predicted octanol–water partition coefficient (Wildman–Crippen LogP) is 3.75. The Bertz CT molecular complexity index is 640. The molecule has 0 unspecified atom stereocenters. The van der Waals surface area contributed by atoms with Crippen LogP contribution in [0.3, 0.4) is 0 Å². The molecule has 0 saturated carbocycles. The average Bonchev–Trinajstić information content (AvgIpc) is 2.59. The van der Waals surface area contributed by atoms with Crippen LogP contribution in [0.5, 0.6) is 0 Å². The van der Waals surface area contributed by atoms with Crippen LogP contribution in [0, 0.1) is 5.92 Å². The van der Waals surface area contributed by atoms with Crippen molar-refractivity contribution in [3.8, 4) is 0 Å². The van der Waals surface area contributed by atoms with E-state index in [2.05, 4.69) is 29.0 Å². The number of halogens is 2. The monoisotopic (exact) mass is 413 g/mol. The Hall–Kier alpha value is -0.850. The van der Waals surface area contributed by atoms with E-state index in [1.807, 2.05) is 0 Å². The van der Waals surface area contributed by atoms with Gasteiger partial charge in [-0.15, -0.1) is 0 Å². The van der Waals surface area contributed by atoms with Crippen LogP contribution >= 0.6 is 23.2 Å². The second-order valence-electron chi connectivity index (χ2n) is 7.87. The number of hydrogen-bond acceptors (Lipinski definition) is 4. The molecule has 27 heavy (non-hydrogen) atoms. The summed E-state index contributed by atoms with van der Waals surface area (Å²) in [4.78, 5) is 17.1. The first-order chi connectivity index (χ1) is 12.9. The molecule has 0 aromatic heterocycles. The highest BCUT2D eigenvalue weighted by molar-refractivity contribution is 6.35. The highest BCUT2D eigenvalue weighted by Crippen LogP contribution is 2.26. The lowest BCUT2D eigenvalue weighted by Crippen LogP contribution is -2.48. The number of anilines is 1. The van der Waals surface area contributed by atoms with E-state index >= 15 is 0 Å². The van der Waals surface area contributed by atoms with E-state index in [4.69, 9.17) is 27.9 Å². The molecular weight excluding hydrogens is 385 g/mol. The van der Waals surface area contributed by atoms with Crippen molar-refractivity contribution in [1.82, 2.24) is 9.80 Å². The van der Waals surface area contributed by atoms with Crippen molar-refractivity contribution in [1.29, 1.82) is 0 Å². The topological polar surface area (TPSA) is 44.8 Å². The van der Waals surface area contributed by atoms with Gasteiger partial charge >= 0.3 is 0 Å². The number of piperidine rings is 1. The first-order valence-electron chi connectivity index (χ1n) is 9.74. The number of nitrogens with one attached hydrogen (secondary N) is 1. The van der Waals surface area contributed by atoms with E-state index < -0.39 is 0 Å². The van der Waals surface area contributed by atoms with Gasteiger partial charge in [0.25, 0.3) is 0 Å². The summed E-state index contributed by atoms with van der Waals surface area (Å²) in [5.74, 6) is 0.651. The van der Waals surface area contributed by atoms with Crippen molar-refractivity contribution in [2.24, 2.45) is 5.92 Å². The van der Waals surface area contributed by atoms with E-state index in [-0.39, 0.29) is 5.91 Å². The van der Waals surface area contributed by atoms with Crippen LogP contribution in [0.2, 0.25) is 10.0 Å². The van der Waals surface area contributed by atoms with Crippen molar-refractivity contribution in [3.05, 3.63) is 28.2 Å². The molecule has 5 nitrogen and oxygen atoms in total. The maximum absolute atomic E-state index is 12.3. The van der Waals surface area contributed by atoms with Crippen molar-refractivity contribution in [2.75, 3.05) is 44.6 Å². The van der Waals surface area contributed by atoms with Crippen LogP contribution in [-0.4, -0.2) is 67.2 Å². The third kappa shape index (κ3) is 6.33. The summed E-state index contributed by atoms with van der Waals surface area (Å²) in [5.41, 5.74) is 0.569. The molecule has 2 saturated heterocycles. The summed E-state index contributed by atoms with van der Waals surface area (Å²) in [6, 6.07) is 5.08. The molecule has 0 spiro atoms. The van der Waals surface area contributed by atoms with Gasteiger partial charge in [0.1, 0.15) is 0 Å². The zero-order valence-corrected chi connectivity index (χ0v) is 17.6. The Kier molecular flexibility index (Phi) is 7.40. The lowest BCUT2D eigenvalue weighted by Gasteiger charge is -2.39. The molecule has 7 heteroatoms. The van der Waals surface area contributed by atoms with Crippen molar-refractivity contribution in [3.63, 3.8) is 0 Å². The number of likely N-dealkylation sites (tertiary alicyclic amines) is 1. The zero-order chi connectivity index (χ0) is 19.4. The van der Waals surface area contributed by atoms with Crippen molar-refractivity contribution >= 4 is 34.8 Å². The maximum atomic E-state index is 12.3. The molecule has 2 aliphatic rings. The van der Waals surface area contributed by atoms with Gasteiger partial charge in [-0.2, -0.15) is 0 Å². The molecule has 0 bridgehead atoms. The van der Waals surface area contributed by atoms with Gasteiger partial charge in [0.2, 0.25) is 5.91 Å². The molecule has 1 aromatic carbocycles. The van der Waals surface area contributed by atoms with E-state index in [0.29, 0.717) is 40.4 Å². The summed E-state index contributed by atoms with van der Waals surface area (Å²) in [7, 11) is 0. The molecule has 150 valence electrons. The van der Waals surface area contributed by atoms with Crippen LogP contribution in [0.4, 0.5) is 5.69 Å². The lowest BCUT2D eigenvalue weighted by molar-refractivity contribution is -0.117. The number of benzene rings is 1. The Balaban J connectivity index is 1.41. The summed E-state index contributed by atoms with van der Waals surface area (Å²) >= 11 is 12.1. The Labute approximate surface area is 171 Å².